The summed E-state index contributed by atoms with van der Waals surface area (Å²) in [6, 6.07) is 13.5. The van der Waals surface area contributed by atoms with E-state index in [0.717, 1.165) is 5.56 Å². The van der Waals surface area contributed by atoms with E-state index >= 15 is 0 Å². The Bertz CT molecular complexity index is 835. The van der Waals surface area contributed by atoms with Crippen molar-refractivity contribution in [3.63, 3.8) is 0 Å². The largest absolute Gasteiger partial charge is 0.495 e. The van der Waals surface area contributed by atoms with Crippen molar-refractivity contribution in [2.24, 2.45) is 0 Å². The highest BCUT2D eigenvalue weighted by molar-refractivity contribution is 6.06. The van der Waals surface area contributed by atoms with Crippen molar-refractivity contribution in [2.75, 3.05) is 18.6 Å². The van der Waals surface area contributed by atoms with Gasteiger partial charge in [0.05, 0.1) is 18.4 Å². The lowest BCUT2D eigenvalue weighted by Gasteiger charge is -2.28. The van der Waals surface area contributed by atoms with Crippen LogP contribution in [0.15, 0.2) is 48.5 Å². The Labute approximate surface area is 150 Å². The number of carbonyl (C=O) groups is 3. The number of ether oxygens (including phenoxy) is 2. The number of carbonyl (C=O) groups excluding carboxylic acids is 3. The van der Waals surface area contributed by atoms with Gasteiger partial charge in [-0.3, -0.25) is 15.0 Å². The fourth-order valence-electron chi connectivity index (χ4n) is 2.63. The van der Waals surface area contributed by atoms with Gasteiger partial charge in [-0.1, -0.05) is 30.3 Å². The molecule has 1 saturated heterocycles. The van der Waals surface area contributed by atoms with Crippen LogP contribution in [-0.2, 0) is 16.1 Å². The Hall–Kier alpha value is -3.35. The second kappa shape index (κ2) is 7.69. The second-order valence-corrected chi connectivity index (χ2v) is 5.70. The van der Waals surface area contributed by atoms with Gasteiger partial charge in [0, 0.05) is 13.0 Å². The SMILES string of the molecule is COc1ccc(C(=O)OCc2ccccc2)cc1N1CCC(=O)NC1=O. The average Bonchev–Trinajstić information content (AvgIpc) is 2.66. The third-order valence-corrected chi connectivity index (χ3v) is 3.97. The first-order valence-electron chi connectivity index (χ1n) is 8.09. The highest BCUT2D eigenvalue weighted by Crippen LogP contribution is 2.31. The summed E-state index contributed by atoms with van der Waals surface area (Å²) < 4.78 is 10.6. The van der Waals surface area contributed by atoms with Crippen molar-refractivity contribution in [1.29, 1.82) is 0 Å². The van der Waals surface area contributed by atoms with Crippen LogP contribution in [0.2, 0.25) is 0 Å². The number of methoxy groups -OCH3 is 1. The van der Waals surface area contributed by atoms with E-state index in [0.29, 0.717) is 17.0 Å². The minimum absolute atomic E-state index is 0.153. The zero-order chi connectivity index (χ0) is 18.5. The van der Waals surface area contributed by atoms with Gasteiger partial charge < -0.3 is 9.47 Å². The van der Waals surface area contributed by atoms with E-state index in [-0.39, 0.29) is 25.5 Å². The molecule has 0 saturated carbocycles. The maximum Gasteiger partial charge on any atom is 0.338 e. The van der Waals surface area contributed by atoms with Crippen LogP contribution in [0.1, 0.15) is 22.3 Å². The number of imide groups is 1. The summed E-state index contributed by atoms with van der Waals surface area (Å²) in [7, 11) is 1.47. The van der Waals surface area contributed by atoms with Gasteiger partial charge in [0.15, 0.2) is 0 Å². The van der Waals surface area contributed by atoms with Gasteiger partial charge in [0.25, 0.3) is 0 Å². The smallest absolute Gasteiger partial charge is 0.338 e. The van der Waals surface area contributed by atoms with E-state index in [1.165, 1.54) is 18.1 Å². The first-order valence-corrected chi connectivity index (χ1v) is 8.09. The summed E-state index contributed by atoms with van der Waals surface area (Å²) in [4.78, 5) is 37.1. The molecule has 3 amide bonds. The molecule has 1 aliphatic rings. The van der Waals surface area contributed by atoms with Gasteiger partial charge in [-0.05, 0) is 23.8 Å². The fraction of sp³-hybridized carbons (Fsp3) is 0.211. The first-order chi connectivity index (χ1) is 12.6. The minimum Gasteiger partial charge on any atom is -0.495 e. The highest BCUT2D eigenvalue weighted by atomic mass is 16.5. The summed E-state index contributed by atoms with van der Waals surface area (Å²) in [5, 5.41) is 2.25. The lowest BCUT2D eigenvalue weighted by Crippen LogP contribution is -2.49. The molecule has 0 radical (unpaired) electrons. The van der Waals surface area contributed by atoms with E-state index in [1.54, 1.807) is 12.1 Å². The van der Waals surface area contributed by atoms with Crippen LogP contribution in [0.4, 0.5) is 10.5 Å². The standard InChI is InChI=1S/C19H18N2O5/c1-25-16-8-7-14(18(23)26-12-13-5-3-2-4-6-13)11-15(16)21-10-9-17(22)20-19(21)24/h2-8,11H,9-10,12H2,1H3,(H,20,22,24). The summed E-state index contributed by atoms with van der Waals surface area (Å²) in [5.41, 5.74) is 1.58. The van der Waals surface area contributed by atoms with Crippen molar-refractivity contribution >= 4 is 23.6 Å². The molecule has 7 heteroatoms. The normalized spacial score (nSPS) is 14.0. The van der Waals surface area contributed by atoms with E-state index in [9.17, 15) is 14.4 Å². The number of urea groups is 1. The zero-order valence-electron chi connectivity index (χ0n) is 14.2. The molecule has 0 unspecified atom stereocenters. The van der Waals surface area contributed by atoms with Crippen LogP contribution < -0.4 is 15.0 Å². The Morgan fingerprint density at radius 1 is 1.15 bits per heavy atom. The maximum atomic E-state index is 12.3. The third-order valence-electron chi connectivity index (χ3n) is 3.97. The Morgan fingerprint density at radius 3 is 2.62 bits per heavy atom. The van der Waals surface area contributed by atoms with E-state index < -0.39 is 12.0 Å². The number of hydrogen-bond donors (Lipinski definition) is 1. The van der Waals surface area contributed by atoms with Gasteiger partial charge in [0.2, 0.25) is 5.91 Å². The molecule has 0 atom stereocenters. The zero-order valence-corrected chi connectivity index (χ0v) is 14.2. The molecule has 0 spiro atoms. The van der Waals surface area contributed by atoms with Crippen molar-refractivity contribution in [3.8, 4) is 5.75 Å². The van der Waals surface area contributed by atoms with Crippen LogP contribution in [0.5, 0.6) is 5.75 Å². The summed E-state index contributed by atoms with van der Waals surface area (Å²) in [5.74, 6) is -0.413. The predicted octanol–water partition coefficient (Wildman–Crippen LogP) is 2.50. The lowest BCUT2D eigenvalue weighted by molar-refractivity contribution is -0.120. The topological polar surface area (TPSA) is 84.9 Å². The molecule has 1 aliphatic heterocycles. The Morgan fingerprint density at radius 2 is 1.92 bits per heavy atom. The molecule has 7 nitrogen and oxygen atoms in total. The number of hydrogen-bond acceptors (Lipinski definition) is 5. The van der Waals surface area contributed by atoms with Gasteiger partial charge >= 0.3 is 12.0 Å². The molecular weight excluding hydrogens is 336 g/mol. The highest BCUT2D eigenvalue weighted by Gasteiger charge is 2.27. The monoisotopic (exact) mass is 354 g/mol. The van der Waals surface area contributed by atoms with E-state index in [1.807, 2.05) is 30.3 Å². The summed E-state index contributed by atoms with van der Waals surface area (Å²) >= 11 is 0. The molecule has 0 bridgehead atoms. The fourth-order valence-corrected chi connectivity index (χ4v) is 2.63. The number of anilines is 1. The van der Waals surface area contributed by atoms with E-state index in [4.69, 9.17) is 9.47 Å². The number of amides is 3. The molecule has 2 aromatic rings. The van der Waals surface area contributed by atoms with E-state index in [2.05, 4.69) is 5.32 Å². The van der Waals surface area contributed by atoms with Gasteiger partial charge in [-0.2, -0.15) is 0 Å². The molecular formula is C19H18N2O5. The molecule has 26 heavy (non-hydrogen) atoms. The Kier molecular flexibility index (Phi) is 5.17. The second-order valence-electron chi connectivity index (χ2n) is 5.70. The quantitative estimate of drug-likeness (QED) is 0.834. The van der Waals surface area contributed by atoms with Crippen LogP contribution in [0, 0.1) is 0 Å². The van der Waals surface area contributed by atoms with Crippen molar-refractivity contribution in [1.82, 2.24) is 5.32 Å². The molecule has 1 fully saturated rings. The molecule has 0 aliphatic carbocycles. The maximum absolute atomic E-state index is 12.3. The number of nitrogens with zero attached hydrogens (tertiary/aromatic N) is 1. The molecule has 134 valence electrons. The lowest BCUT2D eigenvalue weighted by atomic mass is 10.1. The number of benzene rings is 2. The first kappa shape index (κ1) is 17.5. The Balaban J connectivity index is 1.79. The third kappa shape index (κ3) is 3.83. The number of nitrogens with one attached hydrogen (secondary N) is 1. The van der Waals surface area contributed by atoms with Gasteiger partial charge in [0.1, 0.15) is 12.4 Å². The number of esters is 1. The van der Waals surface area contributed by atoms with Gasteiger partial charge in [-0.25, -0.2) is 9.59 Å². The minimum atomic E-state index is -0.547. The molecule has 3 rings (SSSR count). The molecule has 0 aromatic heterocycles. The molecule has 2 aromatic carbocycles. The van der Waals surface area contributed by atoms with Crippen LogP contribution in [-0.4, -0.2) is 31.6 Å². The summed E-state index contributed by atoms with van der Waals surface area (Å²) in [6.45, 7) is 0.364. The number of rotatable bonds is 5. The van der Waals surface area contributed by atoms with Crippen molar-refractivity contribution in [2.45, 2.75) is 13.0 Å². The van der Waals surface area contributed by atoms with Crippen LogP contribution in [0.3, 0.4) is 0 Å². The van der Waals surface area contributed by atoms with Crippen LogP contribution in [0.25, 0.3) is 0 Å². The molecule has 1 N–H and O–H groups in total. The molecule has 1 heterocycles. The van der Waals surface area contributed by atoms with Crippen LogP contribution >= 0.6 is 0 Å². The predicted molar refractivity (Wildman–Crippen MR) is 94.1 cm³/mol. The van der Waals surface area contributed by atoms with Crippen molar-refractivity contribution in [3.05, 3.63) is 59.7 Å². The average molecular weight is 354 g/mol. The van der Waals surface area contributed by atoms with Gasteiger partial charge in [-0.15, -0.1) is 0 Å². The summed E-state index contributed by atoms with van der Waals surface area (Å²) in [6.07, 6.45) is 0.178. The van der Waals surface area contributed by atoms with Crippen molar-refractivity contribution < 1.29 is 23.9 Å².